The fourth-order valence-electron chi connectivity index (χ4n) is 2.59. The Hall–Kier alpha value is -1.91. The fraction of sp³-hybridized carbons (Fsp3) is 0.308. The highest BCUT2D eigenvalue weighted by atomic mass is 19.3. The molecule has 0 saturated heterocycles. The van der Waals surface area contributed by atoms with Gasteiger partial charge in [0.25, 0.3) is 5.91 Å². The van der Waals surface area contributed by atoms with Gasteiger partial charge in [-0.1, -0.05) is 18.2 Å². The van der Waals surface area contributed by atoms with Gasteiger partial charge in [-0.2, -0.15) is 8.78 Å². The minimum absolute atomic E-state index is 0.0192. The first kappa shape index (κ1) is 11.2. The molecule has 0 fully saturated rings. The summed E-state index contributed by atoms with van der Waals surface area (Å²) in [6, 6.07) is 4.65. The summed E-state index contributed by atoms with van der Waals surface area (Å²) in [5.74, 6) is -0.185. The van der Waals surface area contributed by atoms with Crippen molar-refractivity contribution in [3.63, 3.8) is 0 Å². The van der Waals surface area contributed by atoms with Crippen LogP contribution in [-0.2, 0) is 0 Å². The van der Waals surface area contributed by atoms with E-state index >= 15 is 0 Å². The number of ether oxygens (including phenoxy) is 1. The number of hydrogen-bond donors (Lipinski definition) is 1. The predicted molar refractivity (Wildman–Crippen MR) is 60.8 cm³/mol. The molecular formula is C13H11F2NO2. The van der Waals surface area contributed by atoms with Gasteiger partial charge in [-0.05, 0) is 18.6 Å². The van der Waals surface area contributed by atoms with Crippen molar-refractivity contribution >= 4 is 5.91 Å². The zero-order valence-corrected chi connectivity index (χ0v) is 9.40. The van der Waals surface area contributed by atoms with Crippen LogP contribution in [0, 0.1) is 0 Å². The largest absolute Gasteiger partial charge is 0.434 e. The number of rotatable bonds is 2. The molecule has 1 N–H and O–H groups in total. The van der Waals surface area contributed by atoms with E-state index in [0.717, 1.165) is 0 Å². The van der Waals surface area contributed by atoms with Crippen molar-refractivity contribution in [3.05, 3.63) is 41.5 Å². The van der Waals surface area contributed by atoms with Crippen molar-refractivity contribution in [2.75, 3.05) is 0 Å². The number of fused-ring (bicyclic) bond motifs is 4. The summed E-state index contributed by atoms with van der Waals surface area (Å²) >= 11 is 0. The van der Waals surface area contributed by atoms with Crippen LogP contribution in [0.4, 0.5) is 8.78 Å². The lowest BCUT2D eigenvalue weighted by Crippen LogP contribution is -2.30. The van der Waals surface area contributed by atoms with Crippen LogP contribution in [0.1, 0.15) is 28.3 Å². The Balaban J connectivity index is 2.12. The molecule has 1 aliphatic carbocycles. The molecule has 1 aromatic carbocycles. The summed E-state index contributed by atoms with van der Waals surface area (Å²) in [5.41, 5.74) is 0.983. The van der Waals surface area contributed by atoms with Crippen LogP contribution in [0.3, 0.4) is 0 Å². The van der Waals surface area contributed by atoms with Gasteiger partial charge >= 0.3 is 6.61 Å². The highest BCUT2D eigenvalue weighted by molar-refractivity contribution is 5.97. The smallest absolute Gasteiger partial charge is 0.387 e. The number of carbonyl (C=O) groups is 1. The standard InChI is InChI=1S/C13H11F2NO2/c14-13(15)18-10-3-1-2-9-11(10)7-4-5-8(6-7)16-12(9)17/h1-5,7-8,13H,6H2,(H,16,17). The lowest BCUT2D eigenvalue weighted by molar-refractivity contribution is -0.0505. The second kappa shape index (κ2) is 4.08. The van der Waals surface area contributed by atoms with Crippen molar-refractivity contribution in [3.8, 4) is 5.75 Å². The second-order valence-corrected chi connectivity index (χ2v) is 4.40. The lowest BCUT2D eigenvalue weighted by Gasteiger charge is -2.16. The molecule has 0 saturated carbocycles. The van der Waals surface area contributed by atoms with E-state index in [1.54, 1.807) is 12.1 Å². The number of carbonyl (C=O) groups excluding carboxylic acids is 1. The SMILES string of the molecule is O=C1NC2C=CC(C2)c2c(OC(F)F)cccc21. The Morgan fingerprint density at radius 3 is 2.94 bits per heavy atom. The normalized spacial score (nSPS) is 24.7. The molecule has 2 atom stereocenters. The number of nitrogens with one attached hydrogen (secondary N) is 1. The maximum absolute atomic E-state index is 12.4. The van der Waals surface area contributed by atoms with Gasteiger partial charge in [-0.3, -0.25) is 4.79 Å². The number of hydrogen-bond acceptors (Lipinski definition) is 2. The summed E-state index contributed by atoms with van der Waals surface area (Å²) in [7, 11) is 0. The van der Waals surface area contributed by atoms with E-state index in [-0.39, 0.29) is 23.6 Å². The molecule has 2 bridgehead atoms. The van der Waals surface area contributed by atoms with E-state index in [4.69, 9.17) is 0 Å². The van der Waals surface area contributed by atoms with Crippen LogP contribution in [-0.4, -0.2) is 18.6 Å². The molecule has 0 radical (unpaired) electrons. The predicted octanol–water partition coefficient (Wildman–Crippen LogP) is 2.44. The third-order valence-electron chi connectivity index (χ3n) is 3.30. The average Bonchev–Trinajstić information content (AvgIpc) is 2.69. The van der Waals surface area contributed by atoms with Crippen molar-refractivity contribution < 1.29 is 18.3 Å². The van der Waals surface area contributed by atoms with Crippen LogP contribution in [0.2, 0.25) is 0 Å². The molecule has 0 spiro atoms. The van der Waals surface area contributed by atoms with Crippen LogP contribution in [0.25, 0.3) is 0 Å². The van der Waals surface area contributed by atoms with E-state index in [1.165, 1.54) is 6.07 Å². The summed E-state index contributed by atoms with van der Waals surface area (Å²) in [6.45, 7) is -2.89. The molecule has 5 heteroatoms. The molecular weight excluding hydrogens is 240 g/mol. The number of benzene rings is 1. The first-order chi connectivity index (χ1) is 8.65. The fourth-order valence-corrected chi connectivity index (χ4v) is 2.59. The molecule has 1 aliphatic heterocycles. The Kier molecular flexibility index (Phi) is 2.54. The van der Waals surface area contributed by atoms with Gasteiger partial charge in [0.15, 0.2) is 0 Å². The number of alkyl halides is 2. The Morgan fingerprint density at radius 2 is 2.17 bits per heavy atom. The van der Waals surface area contributed by atoms with E-state index in [9.17, 15) is 13.6 Å². The molecule has 1 heterocycles. The number of allylic oxidation sites excluding steroid dienone is 1. The third-order valence-corrected chi connectivity index (χ3v) is 3.30. The van der Waals surface area contributed by atoms with Crippen LogP contribution in [0.5, 0.6) is 5.75 Å². The number of amides is 1. The van der Waals surface area contributed by atoms with Crippen LogP contribution >= 0.6 is 0 Å². The van der Waals surface area contributed by atoms with Gasteiger partial charge in [-0.25, -0.2) is 0 Å². The van der Waals surface area contributed by atoms with E-state index < -0.39 is 6.61 Å². The van der Waals surface area contributed by atoms with Crippen LogP contribution < -0.4 is 10.1 Å². The zero-order valence-electron chi connectivity index (χ0n) is 9.40. The van der Waals surface area contributed by atoms with Crippen molar-refractivity contribution in [1.82, 2.24) is 5.32 Å². The first-order valence-electron chi connectivity index (χ1n) is 5.72. The quantitative estimate of drug-likeness (QED) is 0.820. The van der Waals surface area contributed by atoms with Crippen LogP contribution in [0.15, 0.2) is 30.4 Å². The minimum Gasteiger partial charge on any atom is -0.434 e. The first-order valence-corrected chi connectivity index (χ1v) is 5.72. The molecule has 1 aromatic rings. The van der Waals surface area contributed by atoms with Gasteiger partial charge in [0.2, 0.25) is 0 Å². The van der Waals surface area contributed by atoms with Gasteiger partial charge in [-0.15, -0.1) is 0 Å². The Bertz CT molecular complexity index is 528. The Morgan fingerprint density at radius 1 is 1.33 bits per heavy atom. The second-order valence-electron chi connectivity index (χ2n) is 4.40. The van der Waals surface area contributed by atoms with Crippen molar-refractivity contribution in [1.29, 1.82) is 0 Å². The van der Waals surface area contributed by atoms with Gasteiger partial charge in [0.1, 0.15) is 5.75 Å². The molecule has 2 aliphatic rings. The van der Waals surface area contributed by atoms with Gasteiger partial charge < -0.3 is 10.1 Å². The number of halogens is 2. The molecule has 94 valence electrons. The Labute approximate surface area is 102 Å². The molecule has 2 unspecified atom stereocenters. The van der Waals surface area contributed by atoms with Gasteiger partial charge in [0.05, 0.1) is 0 Å². The molecule has 3 rings (SSSR count). The lowest BCUT2D eigenvalue weighted by atomic mass is 9.93. The summed E-state index contributed by atoms with van der Waals surface area (Å²) in [6.07, 6.45) is 4.52. The van der Waals surface area contributed by atoms with Crippen molar-refractivity contribution in [2.24, 2.45) is 0 Å². The maximum atomic E-state index is 12.4. The van der Waals surface area contributed by atoms with E-state index in [0.29, 0.717) is 17.5 Å². The van der Waals surface area contributed by atoms with Gasteiger partial charge in [0, 0.05) is 23.1 Å². The maximum Gasteiger partial charge on any atom is 0.387 e. The molecule has 1 amide bonds. The summed E-state index contributed by atoms with van der Waals surface area (Å²) < 4.78 is 29.3. The third kappa shape index (κ3) is 1.75. The molecule has 0 aromatic heterocycles. The molecule has 18 heavy (non-hydrogen) atoms. The molecule has 3 nitrogen and oxygen atoms in total. The van der Waals surface area contributed by atoms with Crippen molar-refractivity contribution in [2.45, 2.75) is 25.0 Å². The average molecular weight is 251 g/mol. The highest BCUT2D eigenvalue weighted by Gasteiger charge is 2.32. The van der Waals surface area contributed by atoms with E-state index in [1.807, 2.05) is 12.2 Å². The minimum atomic E-state index is -2.89. The van der Waals surface area contributed by atoms with E-state index in [2.05, 4.69) is 10.1 Å². The zero-order chi connectivity index (χ0) is 12.7. The summed E-state index contributed by atoms with van der Waals surface area (Å²) in [5, 5.41) is 2.84. The monoisotopic (exact) mass is 251 g/mol. The highest BCUT2D eigenvalue weighted by Crippen LogP contribution is 2.39. The topological polar surface area (TPSA) is 38.3 Å². The summed E-state index contributed by atoms with van der Waals surface area (Å²) in [4.78, 5) is 11.9.